The molecule has 0 unspecified atom stereocenters. The van der Waals surface area contributed by atoms with Crippen LogP contribution in [0.1, 0.15) is 165 Å². The van der Waals surface area contributed by atoms with Gasteiger partial charge in [0.1, 0.15) is 103 Å². The number of nitrogens with two attached hydrogens (primary N) is 1. The maximum atomic E-state index is 14.7. The van der Waals surface area contributed by atoms with E-state index in [1.807, 2.05) is 0 Å². The quantitative estimate of drug-likeness (QED) is 0.0234. The Bertz CT molecular complexity index is 4360. The van der Waals surface area contributed by atoms with Crippen molar-refractivity contribution in [1.82, 2.24) is 94.3 Å². The summed E-state index contributed by atoms with van der Waals surface area (Å²) in [5, 5.41) is 139. The number of fused-ring (bicyclic) bond motifs is 1. The summed E-state index contributed by atoms with van der Waals surface area (Å²) in [5.41, 5.74) is 5.26. The van der Waals surface area contributed by atoms with E-state index >= 15 is 0 Å². The number of carbonyl (C=O) groups is 17. The molecule has 21 atom stereocenters. The number of benzene rings is 1. The standard InChI is InChI=1S/C83H131N19O28/c1-38(2)28-53(73(119)96-56(82(128)129)30-46-32-86-49-19-14-13-18-48(46)49)93-68(114)42(9)89-80(126)64(44(11)106)99-78(124)62(40(5)6)98-69(115)43(10)88-76(122)57(34-103)97-70(116)50(20-15-16-26-84)90-71(117)51(22-24-60(108)109)91-72(118)52(23-25-61(110)111)92-77(123)58-21-17-27-102(58)81(127)65(45(12)107)100-75(121)54(29-39(3)4)94-74(120)55(31-47-33-85-37-87-47)95-79(125)63(41(7)8)101-83(36-105)67(113)66(112)59(35-104)130-83/h13-14,18-19,32-33,37-45,50-59,62-67,86,101,103-107,112-113H,15-17,20-31,34-36,84H2,1-12H3,(H,85,87)(H,88,122)(H,89,126)(H,90,117)(H,91,118)(H,92,123)(H,93,114)(H,94,120)(H,95,125)(H,96,119)(H,97,116)(H,98,115)(H,99,124)(H,100,121)(H,108,109)(H,110,111)(H,128,129)/t42-,43-,44+,45+,50-,51-,52-,53-,54-,55-,56-,57-,58-,59+,62-,63-,64-,65-,66+,67-,83-/m0/s1. The lowest BCUT2D eigenvalue weighted by Gasteiger charge is -2.36. The lowest BCUT2D eigenvalue weighted by molar-refractivity contribution is -0.153. The fourth-order valence-electron chi connectivity index (χ4n) is 14.6. The number of aliphatic hydroxyl groups excluding tert-OH is 7. The Morgan fingerprint density at radius 3 is 1.48 bits per heavy atom. The maximum absolute atomic E-state index is 14.7. The highest BCUT2D eigenvalue weighted by atomic mass is 16.6. The van der Waals surface area contributed by atoms with Gasteiger partial charge in [0.05, 0.1) is 44.4 Å². The number of para-hydroxylation sites is 1. The van der Waals surface area contributed by atoms with Gasteiger partial charge in [0.25, 0.3) is 0 Å². The molecule has 2 fully saturated rings. The highest BCUT2D eigenvalue weighted by molar-refractivity contribution is 6.01. The number of amides is 14. The van der Waals surface area contributed by atoms with Gasteiger partial charge in [-0.05, 0) is 127 Å². The summed E-state index contributed by atoms with van der Waals surface area (Å²) in [6.45, 7) is 14.7. The van der Waals surface area contributed by atoms with Crippen LogP contribution in [0.4, 0.5) is 0 Å². The molecular formula is C83H131N19O28. The van der Waals surface area contributed by atoms with Crippen LogP contribution in [-0.4, -0.2) is 331 Å². The zero-order valence-electron chi connectivity index (χ0n) is 74.9. The second kappa shape index (κ2) is 51.8. The second-order valence-electron chi connectivity index (χ2n) is 34.3. The van der Waals surface area contributed by atoms with Crippen molar-refractivity contribution in [3.05, 3.63) is 54.2 Å². The molecule has 0 radical (unpaired) electrons. The van der Waals surface area contributed by atoms with E-state index in [0.29, 0.717) is 11.3 Å². The average molecular weight is 1840 g/mol. The number of aliphatic hydroxyl groups is 7. The Morgan fingerprint density at radius 1 is 0.515 bits per heavy atom. The van der Waals surface area contributed by atoms with Gasteiger partial charge in [-0.3, -0.25) is 82.0 Å². The molecule has 0 bridgehead atoms. The Hall–Kier alpha value is -11.4. The summed E-state index contributed by atoms with van der Waals surface area (Å²) >= 11 is 0. The Morgan fingerprint density at radius 2 is 0.977 bits per heavy atom. The third-order valence-corrected chi connectivity index (χ3v) is 22.0. The molecule has 47 heteroatoms. The molecule has 0 aliphatic carbocycles. The van der Waals surface area contributed by atoms with E-state index in [2.05, 4.69) is 89.4 Å². The smallest absolute Gasteiger partial charge is 0.326 e. The van der Waals surface area contributed by atoms with Gasteiger partial charge < -0.3 is 146 Å². The predicted octanol–water partition coefficient (Wildman–Crippen LogP) is -7.13. The molecule has 130 heavy (non-hydrogen) atoms. The predicted molar refractivity (Wildman–Crippen MR) is 460 cm³/mol. The lowest BCUT2D eigenvalue weighted by atomic mass is 9.97. The topological polar surface area (TPSA) is 744 Å². The molecule has 0 spiro atoms. The van der Waals surface area contributed by atoms with Gasteiger partial charge in [0.15, 0.2) is 5.72 Å². The van der Waals surface area contributed by atoms with Crippen molar-refractivity contribution in [2.24, 2.45) is 29.4 Å². The van der Waals surface area contributed by atoms with Crippen molar-refractivity contribution in [2.75, 3.05) is 32.9 Å². The number of nitrogens with one attached hydrogen (secondary N) is 16. The van der Waals surface area contributed by atoms with Crippen molar-refractivity contribution in [1.29, 1.82) is 0 Å². The summed E-state index contributed by atoms with van der Waals surface area (Å²) in [6, 6.07) is -17.0. The highest BCUT2D eigenvalue weighted by Crippen LogP contribution is 2.31. The molecule has 1 aromatic carbocycles. The fraction of sp³-hybridized carbons (Fsp3) is 0.663. The summed E-state index contributed by atoms with van der Waals surface area (Å²) in [6.07, 6.45) is -7.48. The van der Waals surface area contributed by atoms with E-state index in [-0.39, 0.29) is 82.7 Å². The number of aliphatic carboxylic acids is 3. The van der Waals surface area contributed by atoms with E-state index in [0.717, 1.165) is 36.6 Å². The van der Waals surface area contributed by atoms with Crippen molar-refractivity contribution < 1.29 is 137 Å². The van der Waals surface area contributed by atoms with Crippen LogP contribution < -0.4 is 80.2 Å². The van der Waals surface area contributed by atoms with Gasteiger partial charge in [-0.2, -0.15) is 0 Å². The van der Waals surface area contributed by atoms with Crippen LogP contribution in [0.5, 0.6) is 0 Å². The van der Waals surface area contributed by atoms with E-state index in [4.69, 9.17) is 10.5 Å². The van der Waals surface area contributed by atoms with Crippen molar-refractivity contribution in [3.63, 3.8) is 0 Å². The van der Waals surface area contributed by atoms with Gasteiger partial charge in [0.2, 0.25) is 82.7 Å². The Labute approximate surface area is 750 Å². The summed E-state index contributed by atoms with van der Waals surface area (Å²) in [7, 11) is 0. The summed E-state index contributed by atoms with van der Waals surface area (Å²) in [5.74, 6) is -21.1. The third kappa shape index (κ3) is 32.3. The number of hydrogen-bond acceptors (Lipinski definition) is 28. The van der Waals surface area contributed by atoms with Crippen LogP contribution >= 0.6 is 0 Å². The number of likely N-dealkylation sites (tertiary alicyclic amines) is 1. The minimum Gasteiger partial charge on any atom is -0.481 e. The number of ether oxygens (including phenoxy) is 1. The Kier molecular flexibility index (Phi) is 43.5. The van der Waals surface area contributed by atoms with Crippen LogP contribution in [0.25, 0.3) is 10.9 Å². The first-order valence-electron chi connectivity index (χ1n) is 43.3. The number of unbranched alkanes of at least 4 members (excludes halogenated alkanes) is 1. The van der Waals surface area contributed by atoms with Gasteiger partial charge in [0, 0.05) is 61.2 Å². The molecule has 2 aliphatic rings. The number of aromatic amines is 2. The van der Waals surface area contributed by atoms with Crippen LogP contribution in [-0.2, 0) is 99.1 Å². The van der Waals surface area contributed by atoms with Crippen LogP contribution in [0.15, 0.2) is 43.0 Å². The number of carbonyl (C=O) groups excluding carboxylic acids is 14. The van der Waals surface area contributed by atoms with E-state index in [9.17, 15) is 133 Å². The van der Waals surface area contributed by atoms with E-state index in [1.165, 1.54) is 33.3 Å². The normalized spacial score (nSPS) is 19.9. The highest BCUT2D eigenvalue weighted by Gasteiger charge is 2.56. The number of aromatic nitrogens is 3. The van der Waals surface area contributed by atoms with Gasteiger partial charge in [-0.25, -0.2) is 9.78 Å². The monoisotopic (exact) mass is 1840 g/mol. The number of carboxylic acid groups (broad SMARTS) is 3. The van der Waals surface area contributed by atoms with Gasteiger partial charge in [-0.15, -0.1) is 0 Å². The molecule has 2 saturated heterocycles. The van der Waals surface area contributed by atoms with E-state index < -0.39 is 285 Å². The molecule has 4 heterocycles. The number of carboxylic acids is 3. The first-order chi connectivity index (χ1) is 61.1. The summed E-state index contributed by atoms with van der Waals surface area (Å²) in [4.78, 5) is 246. The van der Waals surface area contributed by atoms with Gasteiger partial charge >= 0.3 is 17.9 Å². The number of nitrogens with zero attached hydrogens (tertiary/aromatic N) is 2. The molecule has 3 aromatic rings. The zero-order valence-corrected chi connectivity index (χ0v) is 74.9. The number of imidazole rings is 1. The number of rotatable bonds is 55. The molecule has 47 nitrogen and oxygen atoms in total. The van der Waals surface area contributed by atoms with Crippen LogP contribution in [0, 0.1) is 23.7 Å². The first kappa shape index (κ1) is 109. The average Bonchev–Trinajstić information content (AvgIpc) is 1.62. The van der Waals surface area contributed by atoms with Crippen LogP contribution in [0.3, 0.4) is 0 Å². The maximum Gasteiger partial charge on any atom is 0.326 e. The molecule has 2 aromatic heterocycles. The molecular weight excluding hydrogens is 1710 g/mol. The SMILES string of the molecule is CC(C)C[C@H](NC(=O)[C@H](C)NC(=O)[C@@H](NC(=O)[C@@H](NC(=O)[C@H](C)NC(=O)[C@H](CO)NC(=O)[C@H](CCCCN)NC(=O)[C@H](CCC(=O)O)NC(=O)[C@H](CCC(=O)O)NC(=O)[C@@H]1CCCN1C(=O)[C@@H](NC(=O)[C@H](CC(C)C)NC(=O)[C@H](Cc1cnc[nH]1)NC(=O)[C@@H](N[C@@]1(CO)O[C@H](CO)[C@@H](O)[C@@H]1O)C(C)C)[C@@H](C)O)C(C)C)[C@@H](C)O)C(=O)N[C@@H](Cc1c[nH]c2ccccc12)C(=O)O. The Balaban J connectivity index is 1.25. The molecule has 28 N–H and O–H groups in total. The minimum atomic E-state index is -2.17. The number of H-pyrrole nitrogens is 2. The molecule has 14 amide bonds. The molecule has 0 saturated carbocycles. The molecule has 5 rings (SSSR count). The van der Waals surface area contributed by atoms with Crippen molar-refractivity contribution in [3.8, 4) is 0 Å². The lowest BCUT2D eigenvalue weighted by Crippen LogP contribution is -2.66. The minimum absolute atomic E-state index is 0.0358. The number of hydrogen-bond donors (Lipinski definition) is 27. The van der Waals surface area contributed by atoms with Gasteiger partial charge in [-0.1, -0.05) is 73.6 Å². The largest absolute Gasteiger partial charge is 0.481 e. The zero-order chi connectivity index (χ0) is 97.5. The molecule has 2 aliphatic heterocycles. The molecule has 726 valence electrons. The third-order valence-electron chi connectivity index (χ3n) is 22.0. The van der Waals surface area contributed by atoms with Crippen LogP contribution in [0.2, 0.25) is 0 Å². The summed E-state index contributed by atoms with van der Waals surface area (Å²) < 4.78 is 5.63. The second-order valence-corrected chi connectivity index (χ2v) is 34.3. The first-order valence-corrected chi connectivity index (χ1v) is 43.3. The fourth-order valence-corrected chi connectivity index (χ4v) is 14.6. The van der Waals surface area contributed by atoms with E-state index in [1.54, 1.807) is 72.0 Å². The van der Waals surface area contributed by atoms with Crippen molar-refractivity contribution in [2.45, 2.75) is 293 Å². The van der Waals surface area contributed by atoms with Crippen molar-refractivity contribution >= 4 is 112 Å².